The van der Waals surface area contributed by atoms with E-state index in [1.807, 2.05) is 0 Å². The average Bonchev–Trinajstić information content (AvgIpc) is 2.41. The maximum atomic E-state index is 12.1. The Morgan fingerprint density at radius 2 is 1.68 bits per heavy atom. The molecule has 5 heteroatoms. The largest absolute Gasteiger partial charge is 0.369 e. The number of piperidine rings is 1. The highest BCUT2D eigenvalue weighted by Gasteiger charge is 2.25. The van der Waals surface area contributed by atoms with Crippen LogP contribution in [0.2, 0.25) is 0 Å². The molecule has 0 bridgehead atoms. The van der Waals surface area contributed by atoms with Gasteiger partial charge in [-0.25, -0.2) is 0 Å². The molecule has 19 heavy (non-hydrogen) atoms. The number of nitrogens with one attached hydrogen (secondary N) is 1. The van der Waals surface area contributed by atoms with Gasteiger partial charge in [0, 0.05) is 25.0 Å². The Hall–Kier alpha value is -1.10. The van der Waals surface area contributed by atoms with Gasteiger partial charge in [0.25, 0.3) is 0 Å². The van der Waals surface area contributed by atoms with E-state index in [-0.39, 0.29) is 23.8 Å². The summed E-state index contributed by atoms with van der Waals surface area (Å²) < 4.78 is 0. The molecule has 0 aromatic carbocycles. The third-order valence-electron chi connectivity index (χ3n) is 4.29. The maximum Gasteiger partial charge on any atom is 0.231 e. The van der Waals surface area contributed by atoms with Gasteiger partial charge in [0.05, 0.1) is 6.54 Å². The molecular weight excluding hydrogens is 242 g/mol. The maximum absolute atomic E-state index is 12.1. The van der Waals surface area contributed by atoms with Crippen LogP contribution in [0.25, 0.3) is 0 Å². The van der Waals surface area contributed by atoms with Gasteiger partial charge in [-0.1, -0.05) is 19.3 Å². The molecule has 1 aliphatic carbocycles. The molecule has 2 aliphatic rings. The Labute approximate surface area is 114 Å². The fourth-order valence-electron chi connectivity index (χ4n) is 3.14. The van der Waals surface area contributed by atoms with Gasteiger partial charge in [-0.2, -0.15) is 0 Å². The fraction of sp³-hybridized carbons (Fsp3) is 0.857. The summed E-state index contributed by atoms with van der Waals surface area (Å²) in [6.45, 7) is 2.03. The zero-order valence-electron chi connectivity index (χ0n) is 11.6. The number of nitrogens with two attached hydrogens (primary N) is 1. The van der Waals surface area contributed by atoms with Crippen molar-refractivity contribution >= 4 is 11.8 Å². The Bertz CT molecular complexity index is 319. The first-order valence-electron chi connectivity index (χ1n) is 7.46. The van der Waals surface area contributed by atoms with Crippen LogP contribution in [0, 0.1) is 5.92 Å². The standard InChI is InChI=1S/C14H25N3O2/c15-13(18)10-17-8-6-12(7-9-17)16-14(19)11-4-2-1-3-5-11/h11-12H,1-10H2,(H2,15,18)(H,16,19). The zero-order valence-corrected chi connectivity index (χ0v) is 11.6. The van der Waals surface area contributed by atoms with Crippen LogP contribution < -0.4 is 11.1 Å². The Morgan fingerprint density at radius 3 is 2.26 bits per heavy atom. The van der Waals surface area contributed by atoms with Crippen molar-refractivity contribution in [3.63, 3.8) is 0 Å². The van der Waals surface area contributed by atoms with E-state index in [1.54, 1.807) is 0 Å². The molecule has 0 aromatic rings. The molecule has 0 atom stereocenters. The van der Waals surface area contributed by atoms with Gasteiger partial charge < -0.3 is 11.1 Å². The number of likely N-dealkylation sites (tertiary alicyclic amines) is 1. The second kappa shape index (κ2) is 6.89. The minimum Gasteiger partial charge on any atom is -0.369 e. The Balaban J connectivity index is 1.69. The lowest BCUT2D eigenvalue weighted by Gasteiger charge is -2.32. The van der Waals surface area contributed by atoms with Crippen molar-refractivity contribution in [2.75, 3.05) is 19.6 Å². The monoisotopic (exact) mass is 267 g/mol. The number of hydrogen-bond acceptors (Lipinski definition) is 3. The van der Waals surface area contributed by atoms with E-state index in [9.17, 15) is 9.59 Å². The van der Waals surface area contributed by atoms with Crippen molar-refractivity contribution in [1.29, 1.82) is 0 Å². The third-order valence-corrected chi connectivity index (χ3v) is 4.29. The van der Waals surface area contributed by atoms with Gasteiger partial charge in [-0.15, -0.1) is 0 Å². The van der Waals surface area contributed by atoms with E-state index in [2.05, 4.69) is 10.2 Å². The molecule has 2 amide bonds. The average molecular weight is 267 g/mol. The number of hydrogen-bond donors (Lipinski definition) is 2. The summed E-state index contributed by atoms with van der Waals surface area (Å²) in [6.07, 6.45) is 7.59. The minimum absolute atomic E-state index is 0.234. The quantitative estimate of drug-likeness (QED) is 0.784. The molecule has 0 aromatic heterocycles. The van der Waals surface area contributed by atoms with Gasteiger partial charge in [-0.05, 0) is 25.7 Å². The molecule has 1 saturated carbocycles. The van der Waals surface area contributed by atoms with Gasteiger partial charge in [0.2, 0.25) is 11.8 Å². The van der Waals surface area contributed by atoms with Crippen molar-refractivity contribution in [2.45, 2.75) is 51.0 Å². The van der Waals surface area contributed by atoms with Crippen LogP contribution in [0.5, 0.6) is 0 Å². The highest BCUT2D eigenvalue weighted by Crippen LogP contribution is 2.24. The molecule has 1 saturated heterocycles. The summed E-state index contributed by atoms with van der Waals surface area (Å²) in [5.41, 5.74) is 5.19. The zero-order chi connectivity index (χ0) is 13.7. The van der Waals surface area contributed by atoms with Gasteiger partial charge in [0.1, 0.15) is 0 Å². The molecule has 1 aliphatic heterocycles. The van der Waals surface area contributed by atoms with Crippen LogP contribution in [0.15, 0.2) is 0 Å². The predicted octanol–water partition coefficient (Wildman–Crippen LogP) is 0.633. The van der Waals surface area contributed by atoms with E-state index in [0.29, 0.717) is 6.54 Å². The molecular formula is C14H25N3O2. The van der Waals surface area contributed by atoms with E-state index in [1.165, 1.54) is 19.3 Å². The SMILES string of the molecule is NC(=O)CN1CCC(NC(=O)C2CCCCC2)CC1. The highest BCUT2D eigenvalue weighted by atomic mass is 16.2. The number of rotatable bonds is 4. The van der Waals surface area contributed by atoms with Crippen molar-refractivity contribution in [1.82, 2.24) is 10.2 Å². The second-order valence-corrected chi connectivity index (χ2v) is 5.86. The number of carbonyl (C=O) groups is 2. The van der Waals surface area contributed by atoms with Gasteiger partial charge in [-0.3, -0.25) is 14.5 Å². The highest BCUT2D eigenvalue weighted by molar-refractivity contribution is 5.79. The van der Waals surface area contributed by atoms with E-state index < -0.39 is 0 Å². The first-order valence-corrected chi connectivity index (χ1v) is 7.46. The van der Waals surface area contributed by atoms with Crippen LogP contribution in [0.4, 0.5) is 0 Å². The molecule has 0 unspecified atom stereocenters. The van der Waals surface area contributed by atoms with E-state index in [0.717, 1.165) is 38.8 Å². The fourth-order valence-corrected chi connectivity index (χ4v) is 3.14. The van der Waals surface area contributed by atoms with Crippen LogP contribution in [0.1, 0.15) is 44.9 Å². The van der Waals surface area contributed by atoms with Crippen LogP contribution in [0.3, 0.4) is 0 Å². The molecule has 3 N–H and O–H groups in total. The van der Waals surface area contributed by atoms with E-state index >= 15 is 0 Å². The molecule has 0 radical (unpaired) electrons. The van der Waals surface area contributed by atoms with Crippen molar-refractivity contribution in [2.24, 2.45) is 11.7 Å². The van der Waals surface area contributed by atoms with Crippen molar-refractivity contribution in [3.8, 4) is 0 Å². The summed E-state index contributed by atoms with van der Waals surface area (Å²) in [6, 6.07) is 0.276. The minimum atomic E-state index is -0.273. The van der Waals surface area contributed by atoms with Crippen LogP contribution in [-0.2, 0) is 9.59 Å². The molecule has 0 spiro atoms. The molecule has 108 valence electrons. The first kappa shape index (κ1) is 14.3. The second-order valence-electron chi connectivity index (χ2n) is 5.86. The summed E-state index contributed by atoms with van der Waals surface area (Å²) in [4.78, 5) is 25.0. The number of carbonyl (C=O) groups excluding carboxylic acids is 2. The van der Waals surface area contributed by atoms with Crippen LogP contribution in [-0.4, -0.2) is 42.4 Å². The number of primary amides is 1. The lowest BCUT2D eigenvalue weighted by Crippen LogP contribution is -2.48. The normalized spacial score (nSPS) is 23.2. The third kappa shape index (κ3) is 4.49. The lowest BCUT2D eigenvalue weighted by molar-refractivity contribution is -0.127. The predicted molar refractivity (Wildman–Crippen MR) is 73.4 cm³/mol. The molecule has 2 fully saturated rings. The first-order chi connectivity index (χ1) is 9.15. The lowest BCUT2D eigenvalue weighted by atomic mass is 9.88. The van der Waals surface area contributed by atoms with Crippen molar-refractivity contribution in [3.05, 3.63) is 0 Å². The van der Waals surface area contributed by atoms with Crippen LogP contribution >= 0.6 is 0 Å². The smallest absolute Gasteiger partial charge is 0.231 e. The summed E-state index contributed by atoms with van der Waals surface area (Å²) in [7, 11) is 0. The Morgan fingerprint density at radius 1 is 1.05 bits per heavy atom. The van der Waals surface area contributed by atoms with Gasteiger partial charge >= 0.3 is 0 Å². The number of nitrogens with zero attached hydrogens (tertiary/aromatic N) is 1. The summed E-state index contributed by atoms with van der Waals surface area (Å²) in [5.74, 6) is 0.204. The van der Waals surface area contributed by atoms with Crippen molar-refractivity contribution < 1.29 is 9.59 Å². The molecule has 2 rings (SSSR count). The molecule has 1 heterocycles. The Kier molecular flexibility index (Phi) is 5.19. The molecule has 5 nitrogen and oxygen atoms in total. The summed E-state index contributed by atoms with van der Waals surface area (Å²) >= 11 is 0. The topological polar surface area (TPSA) is 75.4 Å². The number of amides is 2. The summed E-state index contributed by atoms with van der Waals surface area (Å²) in [5, 5.41) is 3.18. The van der Waals surface area contributed by atoms with Gasteiger partial charge in [0.15, 0.2) is 0 Å². The van der Waals surface area contributed by atoms with E-state index in [4.69, 9.17) is 5.73 Å².